The van der Waals surface area contributed by atoms with E-state index in [4.69, 9.17) is 4.74 Å². The molecular formula is C15H13BrN2O2. The van der Waals surface area contributed by atoms with Crippen LogP contribution in [0.2, 0.25) is 0 Å². The van der Waals surface area contributed by atoms with Crippen LogP contribution in [0.25, 0.3) is 0 Å². The molecule has 0 aromatic heterocycles. The topological polar surface area (TPSA) is 65.3 Å². The largest absolute Gasteiger partial charge is 0.504 e. The molecule has 0 heterocycles. The third kappa shape index (κ3) is 3.22. The Morgan fingerprint density at radius 2 is 1.95 bits per heavy atom. The zero-order valence-corrected chi connectivity index (χ0v) is 12.4. The van der Waals surface area contributed by atoms with E-state index in [0.717, 1.165) is 10.2 Å². The van der Waals surface area contributed by atoms with Gasteiger partial charge >= 0.3 is 0 Å². The summed E-state index contributed by atoms with van der Waals surface area (Å²) in [5.41, 5.74) is 1.50. The van der Waals surface area contributed by atoms with E-state index in [2.05, 4.69) is 27.3 Å². The minimum absolute atomic E-state index is 0.0165. The lowest BCUT2D eigenvalue weighted by Crippen LogP contribution is -2.08. The van der Waals surface area contributed by atoms with Crippen molar-refractivity contribution in [1.82, 2.24) is 0 Å². The van der Waals surface area contributed by atoms with Gasteiger partial charge in [-0.25, -0.2) is 0 Å². The van der Waals surface area contributed by atoms with Crippen LogP contribution in [-0.2, 0) is 0 Å². The van der Waals surface area contributed by atoms with E-state index in [9.17, 15) is 10.4 Å². The second-order valence-electron chi connectivity index (χ2n) is 4.14. The predicted octanol–water partition coefficient (Wildman–Crippen LogP) is 3.84. The molecule has 2 N–H and O–H groups in total. The van der Waals surface area contributed by atoms with Crippen LogP contribution >= 0.6 is 15.9 Å². The van der Waals surface area contributed by atoms with Crippen molar-refractivity contribution in [2.45, 2.75) is 6.04 Å². The molecule has 4 nitrogen and oxygen atoms in total. The number of hydrogen-bond donors (Lipinski definition) is 2. The summed E-state index contributed by atoms with van der Waals surface area (Å²) >= 11 is 3.36. The van der Waals surface area contributed by atoms with E-state index in [1.54, 1.807) is 12.1 Å². The number of nitrogens with one attached hydrogen (secondary N) is 1. The van der Waals surface area contributed by atoms with Gasteiger partial charge in [-0.05, 0) is 42.0 Å². The van der Waals surface area contributed by atoms with Crippen molar-refractivity contribution < 1.29 is 9.84 Å². The van der Waals surface area contributed by atoms with Gasteiger partial charge in [-0.15, -0.1) is 0 Å². The van der Waals surface area contributed by atoms with Gasteiger partial charge in [-0.1, -0.05) is 22.0 Å². The third-order valence-corrected chi connectivity index (χ3v) is 3.35. The van der Waals surface area contributed by atoms with E-state index >= 15 is 0 Å². The first-order valence-corrected chi connectivity index (χ1v) is 6.72. The molecule has 1 atom stereocenters. The smallest absolute Gasteiger partial charge is 0.160 e. The molecule has 0 amide bonds. The molecular weight excluding hydrogens is 320 g/mol. The lowest BCUT2D eigenvalue weighted by atomic mass is 10.1. The maximum Gasteiger partial charge on any atom is 0.160 e. The Morgan fingerprint density at radius 3 is 2.50 bits per heavy atom. The number of aromatic hydroxyl groups is 1. The van der Waals surface area contributed by atoms with E-state index < -0.39 is 6.04 Å². The number of halogens is 1. The van der Waals surface area contributed by atoms with Crippen molar-refractivity contribution in [3.63, 3.8) is 0 Å². The zero-order chi connectivity index (χ0) is 14.5. The predicted molar refractivity (Wildman–Crippen MR) is 80.8 cm³/mol. The van der Waals surface area contributed by atoms with E-state index in [-0.39, 0.29) is 5.75 Å². The number of phenolic OH excluding ortho intramolecular Hbond substituents is 1. The average Bonchev–Trinajstić information content (AvgIpc) is 2.46. The fraction of sp³-hybridized carbons (Fsp3) is 0.133. The van der Waals surface area contributed by atoms with Crippen LogP contribution in [0.3, 0.4) is 0 Å². The lowest BCUT2D eigenvalue weighted by Gasteiger charge is -2.14. The minimum atomic E-state index is -0.548. The van der Waals surface area contributed by atoms with Crippen molar-refractivity contribution in [3.05, 3.63) is 52.5 Å². The first kappa shape index (κ1) is 14.2. The summed E-state index contributed by atoms with van der Waals surface area (Å²) in [5, 5.41) is 22.2. The summed E-state index contributed by atoms with van der Waals surface area (Å²) in [6, 6.07) is 14.1. The highest BCUT2D eigenvalue weighted by atomic mass is 79.9. The summed E-state index contributed by atoms with van der Waals surface area (Å²) in [7, 11) is 1.48. The highest BCUT2D eigenvalue weighted by molar-refractivity contribution is 9.10. The van der Waals surface area contributed by atoms with Crippen molar-refractivity contribution in [2.75, 3.05) is 12.4 Å². The molecule has 1 unspecified atom stereocenters. The number of hydrogen-bond acceptors (Lipinski definition) is 4. The van der Waals surface area contributed by atoms with E-state index in [1.807, 2.05) is 24.3 Å². The minimum Gasteiger partial charge on any atom is -0.504 e. The molecule has 20 heavy (non-hydrogen) atoms. The van der Waals surface area contributed by atoms with E-state index in [1.165, 1.54) is 13.2 Å². The van der Waals surface area contributed by atoms with Crippen LogP contribution in [-0.4, -0.2) is 12.2 Å². The van der Waals surface area contributed by atoms with E-state index in [0.29, 0.717) is 11.3 Å². The Bertz CT molecular complexity index is 635. The van der Waals surface area contributed by atoms with Crippen LogP contribution in [0.15, 0.2) is 46.9 Å². The van der Waals surface area contributed by atoms with Gasteiger partial charge < -0.3 is 15.2 Å². The van der Waals surface area contributed by atoms with Gasteiger partial charge in [0.1, 0.15) is 6.04 Å². The molecule has 2 aromatic rings. The maximum atomic E-state index is 9.77. The highest BCUT2D eigenvalue weighted by Crippen LogP contribution is 2.30. The Hall–Kier alpha value is -2.19. The molecule has 0 spiro atoms. The van der Waals surface area contributed by atoms with Crippen LogP contribution in [0.4, 0.5) is 5.69 Å². The molecule has 102 valence electrons. The molecule has 2 rings (SSSR count). The lowest BCUT2D eigenvalue weighted by molar-refractivity contribution is 0.373. The fourth-order valence-corrected chi connectivity index (χ4v) is 2.05. The molecule has 0 saturated carbocycles. The highest BCUT2D eigenvalue weighted by Gasteiger charge is 2.13. The molecule has 0 saturated heterocycles. The van der Waals surface area contributed by atoms with Crippen LogP contribution in [0.5, 0.6) is 11.5 Å². The van der Waals surface area contributed by atoms with Crippen molar-refractivity contribution in [3.8, 4) is 17.6 Å². The van der Waals surface area contributed by atoms with Gasteiger partial charge in [0.05, 0.1) is 13.2 Å². The van der Waals surface area contributed by atoms with Gasteiger partial charge in [-0.3, -0.25) is 0 Å². The molecule has 2 aromatic carbocycles. The second kappa shape index (κ2) is 6.31. The number of benzene rings is 2. The van der Waals surface area contributed by atoms with Crippen LogP contribution in [0.1, 0.15) is 11.6 Å². The Balaban J connectivity index is 2.22. The second-order valence-corrected chi connectivity index (χ2v) is 5.06. The number of nitriles is 1. The number of rotatable bonds is 4. The molecule has 0 fully saturated rings. The number of phenols is 1. The number of anilines is 1. The van der Waals surface area contributed by atoms with Gasteiger partial charge in [0.15, 0.2) is 11.5 Å². The van der Waals surface area contributed by atoms with Crippen LogP contribution in [0, 0.1) is 11.3 Å². The standard InChI is InChI=1S/C15H13BrN2O2/c1-20-15-7-2-10(8-14(15)19)13(9-17)18-12-5-3-11(16)4-6-12/h2-8,13,18-19H,1H3. The van der Waals surface area contributed by atoms with Gasteiger partial charge in [-0.2, -0.15) is 5.26 Å². The Labute approximate surface area is 125 Å². The normalized spacial score (nSPS) is 11.4. The molecule has 5 heteroatoms. The summed E-state index contributed by atoms with van der Waals surface area (Å²) < 4.78 is 5.96. The molecule has 0 bridgehead atoms. The third-order valence-electron chi connectivity index (χ3n) is 2.82. The van der Waals surface area contributed by atoms with Gasteiger partial charge in [0, 0.05) is 10.2 Å². The SMILES string of the molecule is COc1ccc(C(C#N)Nc2ccc(Br)cc2)cc1O. The molecule has 0 radical (unpaired) electrons. The summed E-state index contributed by atoms with van der Waals surface area (Å²) in [6.45, 7) is 0. The molecule has 0 aliphatic rings. The van der Waals surface area contributed by atoms with Crippen molar-refractivity contribution in [1.29, 1.82) is 5.26 Å². The maximum absolute atomic E-state index is 9.77. The summed E-state index contributed by atoms with van der Waals surface area (Å²) in [6.07, 6.45) is 0. The van der Waals surface area contributed by atoms with Crippen molar-refractivity contribution >= 4 is 21.6 Å². The number of nitrogens with zero attached hydrogens (tertiary/aromatic N) is 1. The number of methoxy groups -OCH3 is 1. The van der Waals surface area contributed by atoms with Crippen molar-refractivity contribution in [2.24, 2.45) is 0 Å². The quantitative estimate of drug-likeness (QED) is 0.892. The Morgan fingerprint density at radius 1 is 1.25 bits per heavy atom. The van der Waals surface area contributed by atoms with Gasteiger partial charge in [0.25, 0.3) is 0 Å². The average molecular weight is 333 g/mol. The first-order valence-electron chi connectivity index (χ1n) is 5.92. The Kier molecular flexibility index (Phi) is 4.49. The fourth-order valence-electron chi connectivity index (χ4n) is 1.79. The van der Waals surface area contributed by atoms with Crippen LogP contribution < -0.4 is 10.1 Å². The first-order chi connectivity index (χ1) is 9.63. The summed E-state index contributed by atoms with van der Waals surface area (Å²) in [5.74, 6) is 0.400. The van der Waals surface area contributed by atoms with Gasteiger partial charge in [0.2, 0.25) is 0 Å². The zero-order valence-electron chi connectivity index (χ0n) is 10.8. The molecule has 0 aliphatic heterocycles. The molecule has 0 aliphatic carbocycles. The number of ether oxygens (including phenoxy) is 1. The monoisotopic (exact) mass is 332 g/mol. The summed E-state index contributed by atoms with van der Waals surface area (Å²) in [4.78, 5) is 0.